The molecule has 2 heterocycles. The summed E-state index contributed by atoms with van der Waals surface area (Å²) in [4.78, 5) is 4.22. The number of halogens is 1. The van der Waals surface area contributed by atoms with Gasteiger partial charge in [-0.25, -0.2) is 4.98 Å². The van der Waals surface area contributed by atoms with E-state index in [0.29, 0.717) is 5.15 Å². The van der Waals surface area contributed by atoms with Crippen molar-refractivity contribution in [2.24, 2.45) is 0 Å². The normalized spacial score (nSPS) is 12.3. The lowest BCUT2D eigenvalue weighted by Gasteiger charge is -2.18. The van der Waals surface area contributed by atoms with Crippen molar-refractivity contribution in [1.29, 1.82) is 0 Å². The molecule has 2 aromatic rings. The van der Waals surface area contributed by atoms with Crippen LogP contribution in [0.1, 0.15) is 26.3 Å². The van der Waals surface area contributed by atoms with Gasteiger partial charge in [-0.3, -0.25) is 4.40 Å². The van der Waals surface area contributed by atoms with Crippen molar-refractivity contribution in [1.82, 2.24) is 9.38 Å². The number of hydrogen-bond acceptors (Lipinski definition) is 1. The van der Waals surface area contributed by atoms with Crippen molar-refractivity contribution in [2.75, 3.05) is 0 Å². The Balaban J connectivity index is 2.63. The zero-order chi connectivity index (χ0) is 10.3. The van der Waals surface area contributed by atoms with E-state index < -0.39 is 0 Å². The van der Waals surface area contributed by atoms with Crippen LogP contribution in [-0.2, 0) is 5.41 Å². The minimum atomic E-state index is 0.153. The topological polar surface area (TPSA) is 17.3 Å². The number of nitrogens with zero attached hydrogens (tertiary/aromatic N) is 2. The molecular weight excluding hydrogens is 196 g/mol. The molecule has 3 heteroatoms. The Labute approximate surface area is 88.5 Å². The van der Waals surface area contributed by atoms with Crippen LogP contribution in [-0.4, -0.2) is 9.38 Å². The molecule has 2 rings (SSSR count). The molecule has 0 aliphatic carbocycles. The molecular formula is C11H13ClN2. The van der Waals surface area contributed by atoms with Crippen LogP contribution in [0.15, 0.2) is 24.5 Å². The third-order valence-electron chi connectivity index (χ3n) is 2.33. The number of rotatable bonds is 0. The summed E-state index contributed by atoms with van der Waals surface area (Å²) in [5.41, 5.74) is 2.33. The summed E-state index contributed by atoms with van der Waals surface area (Å²) in [7, 11) is 0. The van der Waals surface area contributed by atoms with E-state index in [1.54, 1.807) is 6.20 Å². The van der Waals surface area contributed by atoms with Crippen LogP contribution >= 0.6 is 11.6 Å². The highest BCUT2D eigenvalue weighted by Gasteiger charge is 2.14. The summed E-state index contributed by atoms with van der Waals surface area (Å²) in [6, 6.07) is 4.16. The monoisotopic (exact) mass is 208 g/mol. The predicted molar refractivity (Wildman–Crippen MR) is 58.9 cm³/mol. The number of aromatic nitrogens is 2. The Morgan fingerprint density at radius 3 is 2.71 bits per heavy atom. The predicted octanol–water partition coefficient (Wildman–Crippen LogP) is 3.29. The summed E-state index contributed by atoms with van der Waals surface area (Å²) in [6.45, 7) is 6.55. The minimum Gasteiger partial charge on any atom is -0.291 e. The molecule has 0 spiro atoms. The van der Waals surface area contributed by atoms with Crippen LogP contribution in [0.5, 0.6) is 0 Å². The fourth-order valence-corrected chi connectivity index (χ4v) is 1.61. The van der Waals surface area contributed by atoms with Gasteiger partial charge in [0, 0.05) is 6.20 Å². The van der Waals surface area contributed by atoms with E-state index in [9.17, 15) is 0 Å². The molecule has 0 saturated carbocycles. The number of pyridine rings is 1. The van der Waals surface area contributed by atoms with Gasteiger partial charge in [-0.05, 0) is 23.1 Å². The quantitative estimate of drug-likeness (QED) is 0.650. The SMILES string of the molecule is CC(C)(C)c1ccn2c(Cl)cnc2c1. The Morgan fingerprint density at radius 2 is 2.07 bits per heavy atom. The van der Waals surface area contributed by atoms with Gasteiger partial charge in [-0.15, -0.1) is 0 Å². The third kappa shape index (κ3) is 1.50. The Morgan fingerprint density at radius 1 is 1.36 bits per heavy atom. The molecule has 14 heavy (non-hydrogen) atoms. The zero-order valence-corrected chi connectivity index (χ0v) is 9.34. The van der Waals surface area contributed by atoms with Crippen molar-refractivity contribution in [3.8, 4) is 0 Å². The zero-order valence-electron chi connectivity index (χ0n) is 8.58. The van der Waals surface area contributed by atoms with E-state index in [2.05, 4.69) is 37.9 Å². The number of imidazole rings is 1. The van der Waals surface area contributed by atoms with Crippen LogP contribution in [0, 0.1) is 0 Å². The van der Waals surface area contributed by atoms with E-state index in [0.717, 1.165) is 5.65 Å². The first-order chi connectivity index (χ1) is 6.48. The highest BCUT2D eigenvalue weighted by molar-refractivity contribution is 6.29. The standard InChI is InChI=1S/C11H13ClN2/c1-11(2,3)8-4-5-14-9(12)7-13-10(14)6-8/h4-7H,1-3H3. The second-order valence-corrected chi connectivity index (χ2v) is 4.86. The van der Waals surface area contributed by atoms with Crippen LogP contribution < -0.4 is 0 Å². The maximum atomic E-state index is 5.94. The molecule has 0 N–H and O–H groups in total. The molecule has 0 aromatic carbocycles. The Hall–Kier alpha value is -1.02. The van der Waals surface area contributed by atoms with Crippen molar-refractivity contribution >= 4 is 17.2 Å². The highest BCUT2D eigenvalue weighted by atomic mass is 35.5. The van der Waals surface area contributed by atoms with Gasteiger partial charge >= 0.3 is 0 Å². The van der Waals surface area contributed by atoms with Gasteiger partial charge in [0.1, 0.15) is 10.8 Å². The lowest BCUT2D eigenvalue weighted by molar-refractivity contribution is 0.589. The Kier molecular flexibility index (Phi) is 2.04. The average Bonchev–Trinajstić information content (AvgIpc) is 2.46. The summed E-state index contributed by atoms with van der Waals surface area (Å²) < 4.78 is 1.87. The van der Waals surface area contributed by atoms with E-state index in [-0.39, 0.29) is 5.41 Å². The molecule has 0 amide bonds. The molecule has 0 aliphatic rings. The maximum absolute atomic E-state index is 5.94. The summed E-state index contributed by atoms with van der Waals surface area (Å²) >= 11 is 5.94. The molecule has 0 bridgehead atoms. The molecule has 2 nitrogen and oxygen atoms in total. The van der Waals surface area contributed by atoms with Crippen molar-refractivity contribution in [2.45, 2.75) is 26.2 Å². The molecule has 0 fully saturated rings. The molecule has 0 aliphatic heterocycles. The molecule has 2 aromatic heterocycles. The van der Waals surface area contributed by atoms with Crippen molar-refractivity contribution in [3.63, 3.8) is 0 Å². The van der Waals surface area contributed by atoms with E-state index in [4.69, 9.17) is 11.6 Å². The van der Waals surface area contributed by atoms with Gasteiger partial charge in [0.05, 0.1) is 6.20 Å². The number of hydrogen-bond donors (Lipinski definition) is 0. The Bertz CT molecular complexity index is 466. The van der Waals surface area contributed by atoms with Gasteiger partial charge in [0.25, 0.3) is 0 Å². The molecule has 74 valence electrons. The van der Waals surface area contributed by atoms with Gasteiger partial charge in [0.15, 0.2) is 0 Å². The smallest absolute Gasteiger partial charge is 0.138 e. The molecule has 0 atom stereocenters. The fraction of sp³-hybridized carbons (Fsp3) is 0.364. The third-order valence-corrected chi connectivity index (χ3v) is 2.61. The molecule has 0 saturated heterocycles. The number of fused-ring (bicyclic) bond motifs is 1. The second-order valence-electron chi connectivity index (χ2n) is 4.47. The van der Waals surface area contributed by atoms with Crippen LogP contribution in [0.25, 0.3) is 5.65 Å². The minimum absolute atomic E-state index is 0.153. The molecule has 0 radical (unpaired) electrons. The highest BCUT2D eigenvalue weighted by Crippen LogP contribution is 2.24. The lowest BCUT2D eigenvalue weighted by Crippen LogP contribution is -2.11. The fourth-order valence-electron chi connectivity index (χ4n) is 1.42. The van der Waals surface area contributed by atoms with Crippen molar-refractivity contribution < 1.29 is 0 Å². The average molecular weight is 209 g/mol. The first-order valence-corrected chi connectivity index (χ1v) is 4.99. The van der Waals surface area contributed by atoms with Gasteiger partial charge in [0.2, 0.25) is 0 Å². The van der Waals surface area contributed by atoms with Crippen LogP contribution in [0.2, 0.25) is 5.15 Å². The van der Waals surface area contributed by atoms with E-state index >= 15 is 0 Å². The van der Waals surface area contributed by atoms with Gasteiger partial charge < -0.3 is 0 Å². The summed E-state index contributed by atoms with van der Waals surface area (Å²) in [5, 5.41) is 0.653. The first kappa shape index (κ1) is 9.53. The first-order valence-electron chi connectivity index (χ1n) is 4.61. The maximum Gasteiger partial charge on any atom is 0.138 e. The van der Waals surface area contributed by atoms with Crippen LogP contribution in [0.4, 0.5) is 0 Å². The van der Waals surface area contributed by atoms with E-state index in [1.807, 2.05) is 10.6 Å². The largest absolute Gasteiger partial charge is 0.291 e. The van der Waals surface area contributed by atoms with Gasteiger partial charge in [-0.2, -0.15) is 0 Å². The summed E-state index contributed by atoms with van der Waals surface area (Å²) in [5.74, 6) is 0. The van der Waals surface area contributed by atoms with Crippen LogP contribution in [0.3, 0.4) is 0 Å². The summed E-state index contributed by atoms with van der Waals surface area (Å²) in [6.07, 6.45) is 3.63. The second kappa shape index (κ2) is 2.99. The lowest BCUT2D eigenvalue weighted by atomic mass is 9.88. The van der Waals surface area contributed by atoms with Crippen molar-refractivity contribution in [3.05, 3.63) is 35.2 Å². The van der Waals surface area contributed by atoms with Gasteiger partial charge in [-0.1, -0.05) is 32.4 Å². The van der Waals surface area contributed by atoms with E-state index in [1.165, 1.54) is 5.56 Å². The molecule has 0 unspecified atom stereocenters.